The van der Waals surface area contributed by atoms with Crippen LogP contribution in [0, 0.1) is 5.92 Å². The Bertz CT molecular complexity index is 453. The van der Waals surface area contributed by atoms with Gasteiger partial charge in [-0.3, -0.25) is 4.79 Å². The second-order valence-electron chi connectivity index (χ2n) is 4.54. The molecule has 3 amide bonds. The number of carbonyl (C=O) groups excluding carboxylic acids is 2. The van der Waals surface area contributed by atoms with Crippen molar-refractivity contribution in [1.29, 1.82) is 0 Å². The summed E-state index contributed by atoms with van der Waals surface area (Å²) in [6.07, 6.45) is 4.18. The van der Waals surface area contributed by atoms with Crippen molar-refractivity contribution < 1.29 is 9.59 Å². The van der Waals surface area contributed by atoms with Crippen LogP contribution in [0.1, 0.15) is 25.7 Å². The van der Waals surface area contributed by atoms with Crippen LogP contribution < -0.4 is 16.4 Å². The second-order valence-corrected chi connectivity index (χ2v) is 4.54. The summed E-state index contributed by atoms with van der Waals surface area (Å²) in [5.41, 5.74) is 6.29. The predicted octanol–water partition coefficient (Wildman–Crippen LogP) is 2.31. The van der Waals surface area contributed by atoms with Crippen molar-refractivity contribution in [2.45, 2.75) is 25.7 Å². The van der Waals surface area contributed by atoms with E-state index in [4.69, 9.17) is 5.73 Å². The molecule has 1 fully saturated rings. The van der Waals surface area contributed by atoms with E-state index in [1.165, 1.54) is 0 Å². The molecular formula is C13H17N3O2. The minimum atomic E-state index is -0.616. The Labute approximate surface area is 106 Å². The van der Waals surface area contributed by atoms with Crippen LogP contribution >= 0.6 is 0 Å². The van der Waals surface area contributed by atoms with Crippen LogP contribution in [-0.2, 0) is 4.79 Å². The summed E-state index contributed by atoms with van der Waals surface area (Å²) in [7, 11) is 0. The number of benzene rings is 1. The Hall–Kier alpha value is -2.04. The van der Waals surface area contributed by atoms with Gasteiger partial charge in [0.2, 0.25) is 5.91 Å². The maximum absolute atomic E-state index is 11.9. The van der Waals surface area contributed by atoms with E-state index < -0.39 is 6.03 Å². The number of carbonyl (C=O) groups is 2. The molecule has 18 heavy (non-hydrogen) atoms. The van der Waals surface area contributed by atoms with Crippen LogP contribution in [0.4, 0.5) is 16.2 Å². The van der Waals surface area contributed by atoms with Crippen molar-refractivity contribution in [3.05, 3.63) is 24.3 Å². The van der Waals surface area contributed by atoms with Crippen molar-refractivity contribution in [1.82, 2.24) is 0 Å². The maximum Gasteiger partial charge on any atom is 0.316 e. The van der Waals surface area contributed by atoms with Gasteiger partial charge in [-0.2, -0.15) is 0 Å². The van der Waals surface area contributed by atoms with Crippen LogP contribution in [0.2, 0.25) is 0 Å². The Morgan fingerprint density at radius 1 is 1.11 bits per heavy atom. The number of urea groups is 1. The SMILES string of the molecule is NC(=O)Nc1cccc(NC(=O)C2CCCC2)c1. The largest absolute Gasteiger partial charge is 0.351 e. The second kappa shape index (κ2) is 5.53. The van der Waals surface area contributed by atoms with E-state index in [0.717, 1.165) is 25.7 Å². The third-order valence-electron chi connectivity index (χ3n) is 3.12. The number of primary amides is 1. The van der Waals surface area contributed by atoms with Crippen LogP contribution in [0.5, 0.6) is 0 Å². The van der Waals surface area contributed by atoms with Crippen molar-refractivity contribution >= 4 is 23.3 Å². The lowest BCUT2D eigenvalue weighted by atomic mass is 10.1. The minimum Gasteiger partial charge on any atom is -0.351 e. The van der Waals surface area contributed by atoms with E-state index in [-0.39, 0.29) is 11.8 Å². The number of anilines is 2. The first kappa shape index (κ1) is 12.4. The smallest absolute Gasteiger partial charge is 0.316 e. The molecule has 0 saturated heterocycles. The third-order valence-corrected chi connectivity index (χ3v) is 3.12. The molecule has 5 heteroatoms. The van der Waals surface area contributed by atoms with E-state index >= 15 is 0 Å². The van der Waals surface area contributed by atoms with Gasteiger partial charge in [0.05, 0.1) is 0 Å². The zero-order valence-corrected chi connectivity index (χ0v) is 10.1. The molecule has 1 aliphatic rings. The molecule has 0 bridgehead atoms. The van der Waals surface area contributed by atoms with Gasteiger partial charge in [0.25, 0.3) is 0 Å². The molecule has 0 radical (unpaired) electrons. The molecule has 1 aromatic carbocycles. The summed E-state index contributed by atoms with van der Waals surface area (Å²) >= 11 is 0. The van der Waals surface area contributed by atoms with E-state index in [1.54, 1.807) is 24.3 Å². The standard InChI is InChI=1S/C13H17N3O2/c14-13(18)16-11-7-3-6-10(8-11)15-12(17)9-4-1-2-5-9/h3,6-9H,1-2,4-5H2,(H,15,17)(H3,14,16,18). The van der Waals surface area contributed by atoms with Gasteiger partial charge >= 0.3 is 6.03 Å². The average Bonchev–Trinajstić information content (AvgIpc) is 2.81. The Kier molecular flexibility index (Phi) is 3.82. The molecule has 0 aliphatic heterocycles. The number of nitrogens with one attached hydrogen (secondary N) is 2. The van der Waals surface area contributed by atoms with Gasteiger partial charge in [0.1, 0.15) is 0 Å². The molecule has 0 heterocycles. The summed E-state index contributed by atoms with van der Waals surface area (Å²) in [6, 6.07) is 6.34. The fourth-order valence-electron chi connectivity index (χ4n) is 2.25. The van der Waals surface area contributed by atoms with Gasteiger partial charge in [0.15, 0.2) is 0 Å². The number of rotatable bonds is 3. The third kappa shape index (κ3) is 3.23. The van der Waals surface area contributed by atoms with Gasteiger partial charge < -0.3 is 16.4 Å². The number of hydrogen-bond donors (Lipinski definition) is 3. The van der Waals surface area contributed by atoms with E-state index in [9.17, 15) is 9.59 Å². The topological polar surface area (TPSA) is 84.2 Å². The first-order chi connectivity index (χ1) is 8.65. The summed E-state index contributed by atoms with van der Waals surface area (Å²) < 4.78 is 0. The van der Waals surface area contributed by atoms with Crippen LogP contribution in [0.3, 0.4) is 0 Å². The quantitative estimate of drug-likeness (QED) is 0.765. The first-order valence-corrected chi connectivity index (χ1v) is 6.12. The molecule has 0 atom stereocenters. The molecule has 1 aliphatic carbocycles. The normalized spacial score (nSPS) is 15.3. The van der Waals surface area contributed by atoms with Crippen LogP contribution in [0.25, 0.3) is 0 Å². The Balaban J connectivity index is 2.00. The Morgan fingerprint density at radius 2 is 1.72 bits per heavy atom. The zero-order chi connectivity index (χ0) is 13.0. The van der Waals surface area contributed by atoms with E-state index in [0.29, 0.717) is 11.4 Å². The number of nitrogens with two attached hydrogens (primary N) is 1. The summed E-state index contributed by atoms with van der Waals surface area (Å²) in [5, 5.41) is 5.34. The number of amides is 3. The van der Waals surface area contributed by atoms with Gasteiger partial charge in [-0.05, 0) is 31.0 Å². The molecule has 0 aromatic heterocycles. The summed E-state index contributed by atoms with van der Waals surface area (Å²) in [4.78, 5) is 22.7. The highest BCUT2D eigenvalue weighted by Gasteiger charge is 2.22. The summed E-state index contributed by atoms with van der Waals surface area (Å²) in [5.74, 6) is 0.182. The average molecular weight is 247 g/mol. The fourth-order valence-corrected chi connectivity index (χ4v) is 2.25. The van der Waals surface area contributed by atoms with Crippen LogP contribution in [0.15, 0.2) is 24.3 Å². The van der Waals surface area contributed by atoms with Crippen molar-refractivity contribution in [2.24, 2.45) is 11.7 Å². The molecule has 0 spiro atoms. The van der Waals surface area contributed by atoms with Gasteiger partial charge in [-0.25, -0.2) is 4.79 Å². The molecule has 96 valence electrons. The molecule has 1 aromatic rings. The highest BCUT2D eigenvalue weighted by atomic mass is 16.2. The summed E-state index contributed by atoms with van der Waals surface area (Å²) in [6.45, 7) is 0. The minimum absolute atomic E-state index is 0.0590. The zero-order valence-electron chi connectivity index (χ0n) is 10.1. The molecule has 4 N–H and O–H groups in total. The Morgan fingerprint density at radius 3 is 2.33 bits per heavy atom. The first-order valence-electron chi connectivity index (χ1n) is 6.12. The predicted molar refractivity (Wildman–Crippen MR) is 70.2 cm³/mol. The lowest BCUT2D eigenvalue weighted by Crippen LogP contribution is -2.21. The molecule has 5 nitrogen and oxygen atoms in total. The fraction of sp³-hybridized carbons (Fsp3) is 0.385. The van der Waals surface area contributed by atoms with Crippen molar-refractivity contribution in [3.63, 3.8) is 0 Å². The monoisotopic (exact) mass is 247 g/mol. The van der Waals surface area contributed by atoms with E-state index in [2.05, 4.69) is 10.6 Å². The van der Waals surface area contributed by atoms with Crippen LogP contribution in [-0.4, -0.2) is 11.9 Å². The molecule has 2 rings (SSSR count). The number of hydrogen-bond acceptors (Lipinski definition) is 2. The van der Waals surface area contributed by atoms with Gasteiger partial charge in [-0.15, -0.1) is 0 Å². The van der Waals surface area contributed by atoms with Crippen molar-refractivity contribution in [2.75, 3.05) is 10.6 Å². The lowest BCUT2D eigenvalue weighted by Gasteiger charge is -2.11. The maximum atomic E-state index is 11.9. The van der Waals surface area contributed by atoms with Gasteiger partial charge in [0, 0.05) is 17.3 Å². The molecular weight excluding hydrogens is 230 g/mol. The van der Waals surface area contributed by atoms with E-state index in [1.807, 2.05) is 0 Å². The van der Waals surface area contributed by atoms with Crippen molar-refractivity contribution in [3.8, 4) is 0 Å². The highest BCUT2D eigenvalue weighted by molar-refractivity contribution is 5.94. The highest BCUT2D eigenvalue weighted by Crippen LogP contribution is 2.26. The molecule has 0 unspecified atom stereocenters. The molecule has 1 saturated carbocycles. The lowest BCUT2D eigenvalue weighted by molar-refractivity contribution is -0.119. The van der Waals surface area contributed by atoms with Gasteiger partial charge in [-0.1, -0.05) is 18.9 Å².